The lowest BCUT2D eigenvalue weighted by molar-refractivity contribution is -0.148. The minimum atomic E-state index is -1.07. The monoisotopic (exact) mass is 290 g/mol. The van der Waals surface area contributed by atoms with Gasteiger partial charge in [-0.05, 0) is 38.7 Å². The molecule has 5 heteroatoms. The lowest BCUT2D eigenvalue weighted by atomic mass is 9.77. The summed E-state index contributed by atoms with van der Waals surface area (Å²) in [6, 6.07) is 9.38. The molecule has 1 aliphatic carbocycles. The Labute approximate surface area is 125 Å². The van der Waals surface area contributed by atoms with E-state index in [9.17, 15) is 14.7 Å². The Morgan fingerprint density at radius 3 is 2.33 bits per heavy atom. The molecule has 0 unspecified atom stereocenters. The average molecular weight is 290 g/mol. The number of urea groups is 1. The first kappa shape index (κ1) is 15.4. The van der Waals surface area contributed by atoms with Crippen molar-refractivity contribution in [3.8, 4) is 0 Å². The summed E-state index contributed by atoms with van der Waals surface area (Å²) in [5.74, 6) is -0.939. The van der Waals surface area contributed by atoms with Crippen molar-refractivity contribution in [2.75, 3.05) is 0 Å². The van der Waals surface area contributed by atoms with Crippen molar-refractivity contribution < 1.29 is 14.7 Å². The molecule has 0 spiro atoms. The molecule has 1 fully saturated rings. The van der Waals surface area contributed by atoms with Crippen molar-refractivity contribution in [3.05, 3.63) is 35.9 Å². The van der Waals surface area contributed by atoms with Gasteiger partial charge in [0.2, 0.25) is 0 Å². The molecular formula is C16H22N2O3. The highest BCUT2D eigenvalue weighted by atomic mass is 16.4. The van der Waals surface area contributed by atoms with Gasteiger partial charge in [0.25, 0.3) is 0 Å². The van der Waals surface area contributed by atoms with Gasteiger partial charge in [-0.1, -0.05) is 30.3 Å². The Kier molecular flexibility index (Phi) is 4.50. The number of nitrogens with one attached hydrogen (secondary N) is 1. The van der Waals surface area contributed by atoms with Crippen LogP contribution in [0, 0.1) is 0 Å². The van der Waals surface area contributed by atoms with E-state index in [1.54, 1.807) is 4.90 Å². The van der Waals surface area contributed by atoms with Crippen LogP contribution in [0.4, 0.5) is 4.79 Å². The summed E-state index contributed by atoms with van der Waals surface area (Å²) in [6.45, 7) is 4.33. The molecule has 0 radical (unpaired) electrons. The number of carbonyl (C=O) groups is 2. The van der Waals surface area contributed by atoms with Gasteiger partial charge in [0.15, 0.2) is 0 Å². The summed E-state index contributed by atoms with van der Waals surface area (Å²) < 4.78 is 0. The number of benzene rings is 1. The molecule has 0 aliphatic heterocycles. The Hall–Kier alpha value is -2.04. The highest BCUT2D eigenvalue weighted by Gasteiger charge is 2.46. The number of hydrogen-bond acceptors (Lipinski definition) is 2. The number of nitrogens with zero attached hydrogens (tertiary/aromatic N) is 1. The third-order valence-corrected chi connectivity index (χ3v) is 4.04. The summed E-state index contributed by atoms with van der Waals surface area (Å²) in [6.07, 6.45) is 1.85. The number of rotatable bonds is 5. The van der Waals surface area contributed by atoms with Crippen molar-refractivity contribution in [1.82, 2.24) is 10.2 Å². The zero-order valence-electron chi connectivity index (χ0n) is 12.5. The van der Waals surface area contributed by atoms with Crippen LogP contribution in [0.3, 0.4) is 0 Å². The molecule has 114 valence electrons. The molecule has 2 rings (SSSR count). The molecule has 21 heavy (non-hydrogen) atoms. The quantitative estimate of drug-likeness (QED) is 0.875. The predicted molar refractivity (Wildman–Crippen MR) is 79.9 cm³/mol. The average Bonchev–Trinajstić information content (AvgIpc) is 2.40. The van der Waals surface area contributed by atoms with Gasteiger partial charge in [-0.15, -0.1) is 0 Å². The van der Waals surface area contributed by atoms with Crippen LogP contribution in [0.1, 0.15) is 38.7 Å². The van der Waals surface area contributed by atoms with Gasteiger partial charge >= 0.3 is 12.0 Å². The molecule has 5 nitrogen and oxygen atoms in total. The van der Waals surface area contributed by atoms with E-state index in [1.165, 1.54) is 0 Å². The van der Waals surface area contributed by atoms with Crippen LogP contribution in [0.2, 0.25) is 0 Å². The fourth-order valence-electron chi connectivity index (χ4n) is 2.47. The minimum absolute atomic E-state index is 0.00359. The number of carboxylic acid groups (broad SMARTS) is 1. The van der Waals surface area contributed by atoms with Crippen molar-refractivity contribution >= 4 is 12.0 Å². The van der Waals surface area contributed by atoms with Crippen molar-refractivity contribution in [3.63, 3.8) is 0 Å². The Morgan fingerprint density at radius 1 is 1.29 bits per heavy atom. The largest absolute Gasteiger partial charge is 0.480 e. The van der Waals surface area contributed by atoms with Gasteiger partial charge in [-0.25, -0.2) is 9.59 Å². The maximum atomic E-state index is 12.5. The highest BCUT2D eigenvalue weighted by molar-refractivity contribution is 5.87. The lowest BCUT2D eigenvalue weighted by Gasteiger charge is -2.40. The topological polar surface area (TPSA) is 69.6 Å². The molecule has 2 N–H and O–H groups in total. The third kappa shape index (κ3) is 3.35. The van der Waals surface area contributed by atoms with E-state index < -0.39 is 11.5 Å². The van der Waals surface area contributed by atoms with Crippen LogP contribution in [0.5, 0.6) is 0 Å². The van der Waals surface area contributed by atoms with Crippen LogP contribution in [0.15, 0.2) is 30.3 Å². The number of hydrogen-bond donors (Lipinski definition) is 2. The lowest BCUT2D eigenvalue weighted by Crippen LogP contribution is -2.62. The Bertz CT molecular complexity index is 510. The van der Waals surface area contributed by atoms with Crippen molar-refractivity contribution in [2.45, 2.75) is 51.2 Å². The van der Waals surface area contributed by atoms with E-state index in [-0.39, 0.29) is 12.1 Å². The van der Waals surface area contributed by atoms with E-state index in [4.69, 9.17) is 0 Å². The second-order valence-electron chi connectivity index (χ2n) is 5.88. The maximum absolute atomic E-state index is 12.5. The normalized spacial score (nSPS) is 16.1. The van der Waals surface area contributed by atoms with Gasteiger partial charge in [-0.3, -0.25) is 0 Å². The predicted octanol–water partition coefficient (Wildman–Crippen LogP) is 2.61. The Morgan fingerprint density at radius 2 is 1.90 bits per heavy atom. The molecule has 0 bridgehead atoms. The van der Waals surface area contributed by atoms with Gasteiger partial charge in [0, 0.05) is 12.6 Å². The van der Waals surface area contributed by atoms with E-state index >= 15 is 0 Å². The van der Waals surface area contributed by atoms with E-state index in [2.05, 4.69) is 5.32 Å². The molecule has 1 saturated carbocycles. The molecular weight excluding hydrogens is 268 g/mol. The summed E-state index contributed by atoms with van der Waals surface area (Å²) in [7, 11) is 0. The fraction of sp³-hybridized carbons (Fsp3) is 0.500. The summed E-state index contributed by atoms with van der Waals surface area (Å²) >= 11 is 0. The standard InChI is InChI=1S/C16H22N2O3/c1-12(2)18(11-13-7-4-3-5-8-13)15(21)17-16(14(19)20)9-6-10-16/h3-5,7-8,12H,6,9-11H2,1-2H3,(H,17,21)(H,19,20). The number of carboxylic acids is 1. The maximum Gasteiger partial charge on any atom is 0.329 e. The molecule has 1 aromatic carbocycles. The molecule has 1 aliphatic rings. The van der Waals surface area contributed by atoms with Crippen molar-refractivity contribution in [2.24, 2.45) is 0 Å². The zero-order chi connectivity index (χ0) is 15.5. The molecule has 2 amide bonds. The zero-order valence-corrected chi connectivity index (χ0v) is 12.5. The summed E-state index contributed by atoms with van der Waals surface area (Å²) in [5, 5.41) is 12.0. The second-order valence-corrected chi connectivity index (χ2v) is 5.88. The van der Waals surface area contributed by atoms with E-state index in [1.807, 2.05) is 44.2 Å². The second kappa shape index (κ2) is 6.16. The van der Waals surface area contributed by atoms with Gasteiger partial charge < -0.3 is 15.3 Å². The third-order valence-electron chi connectivity index (χ3n) is 4.04. The van der Waals surface area contributed by atoms with Gasteiger partial charge in [0.05, 0.1) is 0 Å². The summed E-state index contributed by atoms with van der Waals surface area (Å²) in [4.78, 5) is 25.5. The van der Waals surface area contributed by atoms with E-state index in [0.29, 0.717) is 19.4 Å². The van der Waals surface area contributed by atoms with Crippen LogP contribution in [-0.4, -0.2) is 33.6 Å². The van der Waals surface area contributed by atoms with Crippen molar-refractivity contribution in [1.29, 1.82) is 0 Å². The van der Waals surface area contributed by atoms with Crippen LogP contribution in [-0.2, 0) is 11.3 Å². The smallest absolute Gasteiger partial charge is 0.329 e. The first-order valence-electron chi connectivity index (χ1n) is 7.31. The SMILES string of the molecule is CC(C)N(Cc1ccccc1)C(=O)NC1(C(=O)O)CCC1. The molecule has 0 heterocycles. The summed E-state index contributed by atoms with van der Waals surface area (Å²) in [5.41, 5.74) is -0.0414. The first-order chi connectivity index (χ1) is 9.94. The van der Waals surface area contributed by atoms with Crippen LogP contribution < -0.4 is 5.32 Å². The van der Waals surface area contributed by atoms with Crippen LogP contribution >= 0.6 is 0 Å². The highest BCUT2D eigenvalue weighted by Crippen LogP contribution is 2.32. The molecule has 1 aromatic rings. The van der Waals surface area contributed by atoms with E-state index in [0.717, 1.165) is 12.0 Å². The molecule has 0 saturated heterocycles. The number of amides is 2. The first-order valence-corrected chi connectivity index (χ1v) is 7.31. The molecule has 0 aromatic heterocycles. The molecule has 0 atom stereocenters. The number of carbonyl (C=O) groups excluding carboxylic acids is 1. The fourth-order valence-corrected chi connectivity index (χ4v) is 2.47. The minimum Gasteiger partial charge on any atom is -0.480 e. The van der Waals surface area contributed by atoms with Gasteiger partial charge in [-0.2, -0.15) is 0 Å². The number of aliphatic carboxylic acids is 1. The van der Waals surface area contributed by atoms with Gasteiger partial charge in [0.1, 0.15) is 5.54 Å². The van der Waals surface area contributed by atoms with Crippen LogP contribution in [0.25, 0.3) is 0 Å². The Balaban J connectivity index is 2.08.